The monoisotopic (exact) mass is 344 g/mol. The van der Waals surface area contributed by atoms with Gasteiger partial charge in [-0.1, -0.05) is 11.6 Å². The van der Waals surface area contributed by atoms with Gasteiger partial charge in [-0.05, 0) is 6.07 Å². The average Bonchev–Trinajstić information content (AvgIpc) is 2.35. The molecule has 1 aromatic carbocycles. The molecule has 116 valence electrons. The lowest BCUT2D eigenvalue weighted by Gasteiger charge is -2.23. The number of benzene rings is 1. The number of halogens is 5. The van der Waals surface area contributed by atoms with Crippen LogP contribution in [0.25, 0.3) is 0 Å². The number of amides is 1. The fourth-order valence-corrected chi connectivity index (χ4v) is 1.99. The predicted molar refractivity (Wildman–Crippen MR) is 70.8 cm³/mol. The summed E-state index contributed by atoms with van der Waals surface area (Å²) < 4.78 is 37.3. The Bertz CT molecular complexity index is 552. The maximum absolute atomic E-state index is 12.4. The second-order valence-corrected chi connectivity index (χ2v) is 4.80. The van der Waals surface area contributed by atoms with Crippen molar-refractivity contribution in [1.82, 2.24) is 4.90 Å². The first-order valence-corrected chi connectivity index (χ1v) is 6.42. The maximum Gasteiger partial charge on any atom is 0.406 e. The van der Waals surface area contributed by atoms with Crippen LogP contribution in [-0.4, -0.2) is 40.9 Å². The third-order valence-corrected chi connectivity index (χ3v) is 2.74. The van der Waals surface area contributed by atoms with Gasteiger partial charge in [0.25, 0.3) is 11.6 Å². The van der Waals surface area contributed by atoms with Gasteiger partial charge in [-0.3, -0.25) is 14.9 Å². The summed E-state index contributed by atoms with van der Waals surface area (Å²) >= 11 is 11.0. The molecule has 0 saturated carbocycles. The number of rotatable bonds is 5. The lowest BCUT2D eigenvalue weighted by atomic mass is 10.1. The zero-order chi connectivity index (χ0) is 16.2. The summed E-state index contributed by atoms with van der Waals surface area (Å²) in [7, 11) is 0. The van der Waals surface area contributed by atoms with Gasteiger partial charge in [-0.25, -0.2) is 0 Å². The third kappa shape index (κ3) is 5.39. The molecule has 0 heterocycles. The molecular weight excluding hydrogens is 336 g/mol. The van der Waals surface area contributed by atoms with Crippen molar-refractivity contribution in [2.45, 2.75) is 6.18 Å². The Morgan fingerprint density at radius 2 is 1.95 bits per heavy atom. The molecule has 0 N–H and O–H groups in total. The smallest absolute Gasteiger partial charge is 0.328 e. The molecule has 0 fully saturated rings. The first-order chi connectivity index (χ1) is 9.64. The number of carbonyl (C=O) groups is 1. The summed E-state index contributed by atoms with van der Waals surface area (Å²) in [5.74, 6) is -1.23. The molecule has 1 amide bonds. The van der Waals surface area contributed by atoms with Gasteiger partial charge in [0.15, 0.2) is 0 Å². The van der Waals surface area contributed by atoms with E-state index in [4.69, 9.17) is 23.2 Å². The summed E-state index contributed by atoms with van der Waals surface area (Å²) in [6.45, 7) is -1.85. The second-order valence-electron chi connectivity index (χ2n) is 3.99. The van der Waals surface area contributed by atoms with Gasteiger partial charge in [0.1, 0.15) is 6.54 Å². The molecule has 0 spiro atoms. The number of carbonyl (C=O) groups excluding carboxylic acids is 1. The molecule has 21 heavy (non-hydrogen) atoms. The zero-order valence-electron chi connectivity index (χ0n) is 10.4. The van der Waals surface area contributed by atoms with E-state index in [0.29, 0.717) is 4.90 Å². The molecule has 1 rings (SSSR count). The van der Waals surface area contributed by atoms with Gasteiger partial charge in [-0.15, -0.1) is 11.6 Å². The van der Waals surface area contributed by atoms with Crippen LogP contribution in [0.3, 0.4) is 0 Å². The summed E-state index contributed by atoms with van der Waals surface area (Å²) in [4.78, 5) is 22.4. The van der Waals surface area contributed by atoms with Gasteiger partial charge in [0, 0.05) is 35.1 Å². The molecule has 0 radical (unpaired) electrons. The highest BCUT2D eigenvalue weighted by Crippen LogP contribution is 2.23. The minimum atomic E-state index is -4.60. The van der Waals surface area contributed by atoms with Gasteiger partial charge in [-0.2, -0.15) is 13.2 Å². The second kappa shape index (κ2) is 6.95. The quantitative estimate of drug-likeness (QED) is 0.466. The molecule has 10 heteroatoms. The maximum atomic E-state index is 12.4. The van der Waals surface area contributed by atoms with E-state index in [1.165, 1.54) is 0 Å². The highest BCUT2D eigenvalue weighted by atomic mass is 35.5. The van der Waals surface area contributed by atoms with Crippen molar-refractivity contribution in [3.8, 4) is 0 Å². The number of nitro groups is 1. The molecule has 0 aromatic heterocycles. The Labute approximate surface area is 127 Å². The van der Waals surface area contributed by atoms with Crippen molar-refractivity contribution in [3.05, 3.63) is 38.9 Å². The lowest BCUT2D eigenvalue weighted by molar-refractivity contribution is -0.384. The van der Waals surface area contributed by atoms with Crippen LogP contribution in [0.15, 0.2) is 18.2 Å². The highest BCUT2D eigenvalue weighted by molar-refractivity contribution is 6.31. The van der Waals surface area contributed by atoms with E-state index in [1.54, 1.807) is 0 Å². The van der Waals surface area contributed by atoms with Crippen LogP contribution in [0, 0.1) is 10.1 Å². The molecule has 0 unspecified atom stereocenters. The Morgan fingerprint density at radius 1 is 1.33 bits per heavy atom. The molecule has 0 atom stereocenters. The SMILES string of the molecule is O=C(c1cc(Cl)cc([N+](=O)[O-])c1)N(CCCl)CC(F)(F)F. The van der Waals surface area contributed by atoms with Crippen LogP contribution in [-0.2, 0) is 0 Å². The normalized spacial score (nSPS) is 11.3. The van der Waals surface area contributed by atoms with Crippen molar-refractivity contribution in [1.29, 1.82) is 0 Å². The molecule has 0 bridgehead atoms. The molecule has 0 aliphatic heterocycles. The Hall–Kier alpha value is -1.54. The summed E-state index contributed by atoms with van der Waals surface area (Å²) in [5.41, 5.74) is -0.785. The van der Waals surface area contributed by atoms with Crippen LogP contribution in [0.5, 0.6) is 0 Å². The molecular formula is C11H9Cl2F3N2O3. The van der Waals surface area contributed by atoms with Crippen molar-refractivity contribution < 1.29 is 22.9 Å². The lowest BCUT2D eigenvalue weighted by Crippen LogP contribution is -2.40. The van der Waals surface area contributed by atoms with Crippen molar-refractivity contribution in [2.75, 3.05) is 19.0 Å². The first kappa shape index (κ1) is 17.5. The van der Waals surface area contributed by atoms with Crippen molar-refractivity contribution in [2.24, 2.45) is 0 Å². The highest BCUT2D eigenvalue weighted by Gasteiger charge is 2.33. The predicted octanol–water partition coefficient (Wildman–Crippen LogP) is 3.49. The van der Waals surface area contributed by atoms with E-state index in [1.807, 2.05) is 0 Å². The number of nitro benzene ring substituents is 1. The van der Waals surface area contributed by atoms with E-state index in [9.17, 15) is 28.1 Å². The minimum absolute atomic E-state index is 0.120. The molecule has 0 saturated heterocycles. The zero-order valence-corrected chi connectivity index (χ0v) is 11.9. The van der Waals surface area contributed by atoms with Crippen LogP contribution in [0.1, 0.15) is 10.4 Å². The van der Waals surface area contributed by atoms with Crippen molar-refractivity contribution in [3.63, 3.8) is 0 Å². The van der Waals surface area contributed by atoms with E-state index in [-0.39, 0.29) is 23.0 Å². The summed E-state index contributed by atoms with van der Waals surface area (Å²) in [6, 6.07) is 2.92. The number of hydrogen-bond donors (Lipinski definition) is 0. The standard InChI is InChI=1S/C11H9Cl2F3N2O3/c12-1-2-17(6-11(14,15)16)10(19)7-3-8(13)5-9(4-7)18(20)21/h3-5H,1-2,6H2. The Morgan fingerprint density at radius 3 is 2.43 bits per heavy atom. The topological polar surface area (TPSA) is 63.4 Å². The number of non-ortho nitro benzene ring substituents is 1. The number of alkyl halides is 4. The molecule has 1 aromatic rings. The number of nitrogens with zero attached hydrogens (tertiary/aromatic N) is 2. The van der Waals surface area contributed by atoms with E-state index in [0.717, 1.165) is 18.2 Å². The van der Waals surface area contributed by atoms with Gasteiger partial charge in [0.2, 0.25) is 0 Å². The molecule has 5 nitrogen and oxygen atoms in total. The fourth-order valence-electron chi connectivity index (χ4n) is 1.56. The van der Waals surface area contributed by atoms with Crippen LogP contribution < -0.4 is 0 Å². The summed E-state index contributed by atoms with van der Waals surface area (Å²) in [5, 5.41) is 10.6. The average molecular weight is 345 g/mol. The third-order valence-electron chi connectivity index (χ3n) is 2.35. The van der Waals surface area contributed by atoms with Crippen molar-refractivity contribution >= 4 is 34.8 Å². The fraction of sp³-hybridized carbons (Fsp3) is 0.364. The largest absolute Gasteiger partial charge is 0.406 e. The van der Waals surface area contributed by atoms with E-state index in [2.05, 4.69) is 0 Å². The van der Waals surface area contributed by atoms with E-state index < -0.39 is 29.2 Å². The van der Waals surface area contributed by atoms with Crippen LogP contribution in [0.2, 0.25) is 5.02 Å². The molecule has 0 aliphatic rings. The minimum Gasteiger partial charge on any atom is -0.328 e. The Balaban J connectivity index is 3.11. The number of hydrogen-bond acceptors (Lipinski definition) is 3. The Kier molecular flexibility index (Phi) is 5.79. The van der Waals surface area contributed by atoms with Gasteiger partial charge < -0.3 is 4.90 Å². The van der Waals surface area contributed by atoms with Gasteiger partial charge >= 0.3 is 6.18 Å². The van der Waals surface area contributed by atoms with Crippen LogP contribution in [0.4, 0.5) is 18.9 Å². The van der Waals surface area contributed by atoms with Gasteiger partial charge in [0.05, 0.1) is 4.92 Å². The van der Waals surface area contributed by atoms with Crippen LogP contribution >= 0.6 is 23.2 Å². The van der Waals surface area contributed by atoms with E-state index >= 15 is 0 Å². The molecule has 0 aliphatic carbocycles. The first-order valence-electron chi connectivity index (χ1n) is 5.51. The summed E-state index contributed by atoms with van der Waals surface area (Å²) in [6.07, 6.45) is -4.60.